The van der Waals surface area contributed by atoms with E-state index in [1.165, 1.54) is 128 Å². The predicted molar refractivity (Wildman–Crippen MR) is 133 cm³/mol. The summed E-state index contributed by atoms with van der Waals surface area (Å²) < 4.78 is 0. The summed E-state index contributed by atoms with van der Waals surface area (Å²) in [7, 11) is 0. The molecule has 1 N–H and O–H groups in total. The zero-order chi connectivity index (χ0) is 22.1. The van der Waals surface area contributed by atoms with Crippen LogP contribution in [0.3, 0.4) is 0 Å². The second-order valence-electron chi connectivity index (χ2n) is 9.68. The van der Waals surface area contributed by atoms with Gasteiger partial charge in [-0.25, -0.2) is 0 Å². The van der Waals surface area contributed by atoms with E-state index >= 15 is 0 Å². The Kier molecular flexibility index (Phi) is 24.3. The number of hydrogen-bond acceptors (Lipinski definition) is 1. The van der Waals surface area contributed by atoms with Crippen LogP contribution in [0.4, 0.5) is 0 Å². The first kappa shape index (κ1) is 29.5. The van der Waals surface area contributed by atoms with Gasteiger partial charge in [-0.15, -0.1) is 0 Å². The minimum Gasteiger partial charge on any atom is -0.481 e. The fourth-order valence-electron chi connectivity index (χ4n) is 4.56. The van der Waals surface area contributed by atoms with Crippen molar-refractivity contribution in [2.24, 2.45) is 5.92 Å². The molecule has 0 amide bonds. The molecule has 0 radical (unpaired) electrons. The summed E-state index contributed by atoms with van der Waals surface area (Å²) in [4.78, 5) is 11.1. The molecule has 0 aliphatic heterocycles. The third-order valence-electron chi connectivity index (χ3n) is 6.64. The number of rotatable bonds is 25. The van der Waals surface area contributed by atoms with Gasteiger partial charge in [-0.1, -0.05) is 155 Å². The minimum atomic E-state index is -0.593. The molecule has 0 aliphatic rings. The average molecular weight is 425 g/mol. The average Bonchev–Trinajstić information content (AvgIpc) is 2.73. The molecule has 0 rings (SSSR count). The zero-order valence-corrected chi connectivity index (χ0v) is 20.9. The molecule has 0 spiro atoms. The fraction of sp³-hybridized carbons (Fsp3) is 0.964. The van der Waals surface area contributed by atoms with E-state index in [4.69, 9.17) is 5.11 Å². The van der Waals surface area contributed by atoms with Crippen LogP contribution in [0.25, 0.3) is 0 Å². The largest absolute Gasteiger partial charge is 0.481 e. The molecule has 0 aromatic rings. The molecule has 0 bridgehead atoms. The number of carboxylic acids is 1. The molecule has 0 saturated heterocycles. The summed E-state index contributed by atoms with van der Waals surface area (Å²) in [5.74, 6) is -0.694. The van der Waals surface area contributed by atoms with Crippen molar-refractivity contribution >= 4 is 5.97 Å². The lowest BCUT2D eigenvalue weighted by molar-refractivity contribution is -0.142. The number of aliphatic carboxylic acids is 1. The Hall–Kier alpha value is -0.530. The standard InChI is InChI=1S/C28H56O2/c1-3-5-6-7-8-9-10-11-12-13-14-15-16-17-18-19-20-21-22-23-24-26-27(25-4-2)28(29)30/h27H,3-26H2,1-2H3,(H,29,30). The van der Waals surface area contributed by atoms with E-state index in [0.29, 0.717) is 0 Å². The number of unbranched alkanes of at least 4 members (excludes halogenated alkanes) is 20. The number of carbonyl (C=O) groups is 1. The lowest BCUT2D eigenvalue weighted by Gasteiger charge is -2.10. The Balaban J connectivity index is 3.14. The van der Waals surface area contributed by atoms with Crippen molar-refractivity contribution in [2.75, 3.05) is 0 Å². The van der Waals surface area contributed by atoms with Crippen LogP contribution in [0.1, 0.15) is 168 Å². The van der Waals surface area contributed by atoms with Gasteiger partial charge in [0.15, 0.2) is 0 Å². The molecule has 2 heteroatoms. The molecule has 0 aromatic carbocycles. The second-order valence-corrected chi connectivity index (χ2v) is 9.68. The fourth-order valence-corrected chi connectivity index (χ4v) is 4.56. The van der Waals surface area contributed by atoms with Crippen LogP contribution in [-0.4, -0.2) is 11.1 Å². The Morgan fingerprint density at radius 3 is 1.03 bits per heavy atom. The van der Waals surface area contributed by atoms with Crippen molar-refractivity contribution in [1.29, 1.82) is 0 Å². The van der Waals surface area contributed by atoms with Crippen LogP contribution in [-0.2, 0) is 4.79 Å². The van der Waals surface area contributed by atoms with Crippen LogP contribution >= 0.6 is 0 Å². The maximum Gasteiger partial charge on any atom is 0.306 e. The van der Waals surface area contributed by atoms with Gasteiger partial charge in [0.2, 0.25) is 0 Å². The van der Waals surface area contributed by atoms with E-state index in [1.807, 2.05) is 0 Å². The summed E-state index contributed by atoms with van der Waals surface area (Å²) in [6.45, 7) is 4.37. The monoisotopic (exact) mass is 424 g/mol. The molecular weight excluding hydrogens is 368 g/mol. The molecule has 1 atom stereocenters. The highest BCUT2D eigenvalue weighted by Crippen LogP contribution is 2.18. The Bertz CT molecular complexity index is 340. The summed E-state index contributed by atoms with van der Waals surface area (Å²) in [6.07, 6.45) is 32.0. The van der Waals surface area contributed by atoms with E-state index in [2.05, 4.69) is 13.8 Å². The number of carboxylic acid groups (broad SMARTS) is 1. The topological polar surface area (TPSA) is 37.3 Å². The summed E-state index contributed by atoms with van der Waals surface area (Å²) in [6, 6.07) is 0. The van der Waals surface area contributed by atoms with Crippen LogP contribution in [0.15, 0.2) is 0 Å². The zero-order valence-electron chi connectivity index (χ0n) is 20.9. The third-order valence-corrected chi connectivity index (χ3v) is 6.64. The van der Waals surface area contributed by atoms with Gasteiger partial charge in [0.05, 0.1) is 5.92 Å². The quantitative estimate of drug-likeness (QED) is 0.148. The maximum absolute atomic E-state index is 11.1. The highest BCUT2D eigenvalue weighted by Gasteiger charge is 2.15. The number of hydrogen-bond donors (Lipinski definition) is 1. The molecule has 0 aromatic heterocycles. The van der Waals surface area contributed by atoms with Crippen LogP contribution < -0.4 is 0 Å². The van der Waals surface area contributed by atoms with Crippen molar-refractivity contribution in [1.82, 2.24) is 0 Å². The molecule has 180 valence electrons. The Labute approximate surface area is 190 Å². The molecule has 0 fully saturated rings. The summed E-state index contributed by atoms with van der Waals surface area (Å²) in [5.41, 5.74) is 0. The third kappa shape index (κ3) is 22.2. The molecule has 0 heterocycles. The van der Waals surface area contributed by atoms with E-state index in [9.17, 15) is 4.79 Å². The van der Waals surface area contributed by atoms with Crippen molar-refractivity contribution in [3.8, 4) is 0 Å². The van der Waals surface area contributed by atoms with Crippen molar-refractivity contribution < 1.29 is 9.90 Å². The van der Waals surface area contributed by atoms with Gasteiger partial charge >= 0.3 is 5.97 Å². The Morgan fingerprint density at radius 1 is 0.467 bits per heavy atom. The van der Waals surface area contributed by atoms with Crippen molar-refractivity contribution in [3.05, 3.63) is 0 Å². The molecule has 0 saturated carbocycles. The van der Waals surface area contributed by atoms with Crippen molar-refractivity contribution in [3.63, 3.8) is 0 Å². The van der Waals surface area contributed by atoms with Gasteiger partial charge in [-0.3, -0.25) is 4.79 Å². The van der Waals surface area contributed by atoms with Gasteiger partial charge < -0.3 is 5.11 Å². The van der Waals surface area contributed by atoms with E-state index in [1.54, 1.807) is 0 Å². The van der Waals surface area contributed by atoms with E-state index in [0.717, 1.165) is 25.7 Å². The van der Waals surface area contributed by atoms with Gasteiger partial charge in [0.1, 0.15) is 0 Å². The lowest BCUT2D eigenvalue weighted by atomic mass is 9.96. The summed E-state index contributed by atoms with van der Waals surface area (Å²) in [5, 5.41) is 9.17. The molecule has 1 unspecified atom stereocenters. The van der Waals surface area contributed by atoms with E-state index in [-0.39, 0.29) is 5.92 Å². The normalized spacial score (nSPS) is 12.3. The van der Waals surface area contributed by atoms with Crippen molar-refractivity contribution in [2.45, 2.75) is 168 Å². The second kappa shape index (κ2) is 24.7. The Morgan fingerprint density at radius 2 is 0.767 bits per heavy atom. The summed E-state index contributed by atoms with van der Waals surface area (Å²) >= 11 is 0. The van der Waals surface area contributed by atoms with Gasteiger partial charge in [0, 0.05) is 0 Å². The smallest absolute Gasteiger partial charge is 0.306 e. The predicted octanol–water partition coefficient (Wildman–Crippen LogP) is 10.1. The van der Waals surface area contributed by atoms with E-state index < -0.39 is 5.97 Å². The van der Waals surface area contributed by atoms with Gasteiger partial charge in [-0.05, 0) is 12.8 Å². The first-order valence-electron chi connectivity index (χ1n) is 13.9. The molecule has 0 aliphatic carbocycles. The van der Waals surface area contributed by atoms with Gasteiger partial charge in [-0.2, -0.15) is 0 Å². The maximum atomic E-state index is 11.1. The van der Waals surface area contributed by atoms with Crippen LogP contribution in [0.5, 0.6) is 0 Å². The molecule has 30 heavy (non-hydrogen) atoms. The molecular formula is C28H56O2. The highest BCUT2D eigenvalue weighted by molar-refractivity contribution is 5.69. The van der Waals surface area contributed by atoms with Gasteiger partial charge in [0.25, 0.3) is 0 Å². The first-order chi connectivity index (χ1) is 14.7. The SMILES string of the molecule is CCCCCCCCCCCCCCCCCCCCCCCC(CCC)C(=O)O. The first-order valence-corrected chi connectivity index (χ1v) is 13.9. The molecule has 2 nitrogen and oxygen atoms in total. The highest BCUT2D eigenvalue weighted by atomic mass is 16.4. The minimum absolute atomic E-state index is 0.102. The van der Waals surface area contributed by atoms with Crippen LogP contribution in [0, 0.1) is 5.92 Å². The lowest BCUT2D eigenvalue weighted by Crippen LogP contribution is -2.13. The van der Waals surface area contributed by atoms with Crippen LogP contribution in [0.2, 0.25) is 0 Å².